The molecular formula is C22H24N2O3. The number of carboxylic acids is 1. The van der Waals surface area contributed by atoms with Crippen molar-refractivity contribution in [2.24, 2.45) is 0 Å². The van der Waals surface area contributed by atoms with E-state index in [9.17, 15) is 9.59 Å². The fourth-order valence-corrected chi connectivity index (χ4v) is 3.18. The Morgan fingerprint density at radius 1 is 1.04 bits per heavy atom. The van der Waals surface area contributed by atoms with Crippen molar-refractivity contribution in [3.63, 3.8) is 0 Å². The summed E-state index contributed by atoms with van der Waals surface area (Å²) in [7, 11) is 2.12. The summed E-state index contributed by atoms with van der Waals surface area (Å²) < 4.78 is 0. The second kappa shape index (κ2) is 8.75. The van der Waals surface area contributed by atoms with Crippen LogP contribution in [0.25, 0.3) is 6.08 Å². The predicted octanol–water partition coefficient (Wildman–Crippen LogP) is 3.03. The van der Waals surface area contributed by atoms with Gasteiger partial charge in [-0.3, -0.25) is 9.69 Å². The zero-order valence-corrected chi connectivity index (χ0v) is 15.5. The van der Waals surface area contributed by atoms with Gasteiger partial charge in [-0.1, -0.05) is 42.5 Å². The van der Waals surface area contributed by atoms with Crippen LogP contribution in [0, 0.1) is 0 Å². The first-order valence-corrected chi connectivity index (χ1v) is 9.07. The van der Waals surface area contributed by atoms with Gasteiger partial charge in [0.1, 0.15) is 0 Å². The summed E-state index contributed by atoms with van der Waals surface area (Å²) in [4.78, 5) is 28.5. The molecule has 1 saturated heterocycles. The molecule has 1 heterocycles. The van der Waals surface area contributed by atoms with E-state index in [1.165, 1.54) is 12.1 Å². The summed E-state index contributed by atoms with van der Waals surface area (Å²) >= 11 is 0. The van der Waals surface area contributed by atoms with E-state index in [0.717, 1.165) is 38.3 Å². The van der Waals surface area contributed by atoms with Crippen molar-refractivity contribution in [1.82, 2.24) is 9.80 Å². The largest absolute Gasteiger partial charge is 0.478 e. The number of allylic oxidation sites excluding steroid dienone is 1. The molecule has 1 N–H and O–H groups in total. The lowest BCUT2D eigenvalue weighted by Gasteiger charge is -2.32. The van der Waals surface area contributed by atoms with E-state index in [1.54, 1.807) is 24.3 Å². The van der Waals surface area contributed by atoms with Crippen LogP contribution >= 0.6 is 0 Å². The molecule has 2 aromatic carbocycles. The lowest BCUT2D eigenvalue weighted by molar-refractivity contribution is 0.0696. The Morgan fingerprint density at radius 2 is 1.78 bits per heavy atom. The van der Waals surface area contributed by atoms with Crippen LogP contribution in [-0.2, 0) is 6.54 Å². The highest BCUT2D eigenvalue weighted by Gasteiger charge is 2.16. The van der Waals surface area contributed by atoms with Gasteiger partial charge in [-0.2, -0.15) is 0 Å². The molecule has 0 aliphatic carbocycles. The van der Waals surface area contributed by atoms with Crippen molar-refractivity contribution >= 4 is 17.8 Å². The molecular weight excluding hydrogens is 340 g/mol. The van der Waals surface area contributed by atoms with E-state index in [1.807, 2.05) is 24.3 Å². The standard InChI is InChI=1S/C22H24N2O3/c1-23-11-13-24(14-12-23)16-19-6-2-3-8-20(19)21(25)10-9-17-5-4-7-18(15-17)22(26)27/h2-10,15H,11-14,16H2,1H3,(H,26,27). The molecule has 0 spiro atoms. The van der Waals surface area contributed by atoms with Gasteiger partial charge in [0.25, 0.3) is 0 Å². The minimum absolute atomic E-state index is 0.0690. The maximum Gasteiger partial charge on any atom is 0.335 e. The molecule has 2 aromatic rings. The monoisotopic (exact) mass is 364 g/mol. The van der Waals surface area contributed by atoms with Crippen LogP contribution in [0.15, 0.2) is 54.6 Å². The Balaban J connectivity index is 1.73. The van der Waals surface area contributed by atoms with E-state index in [0.29, 0.717) is 11.1 Å². The molecule has 0 amide bonds. The molecule has 0 saturated carbocycles. The van der Waals surface area contributed by atoms with Crippen LogP contribution in [0.4, 0.5) is 0 Å². The lowest BCUT2D eigenvalue weighted by Crippen LogP contribution is -2.44. The number of likely N-dealkylation sites (N-methyl/N-ethyl adjacent to an activating group) is 1. The maximum absolute atomic E-state index is 12.7. The van der Waals surface area contributed by atoms with E-state index in [2.05, 4.69) is 16.8 Å². The third kappa shape index (κ3) is 5.12. The zero-order chi connectivity index (χ0) is 19.2. The maximum atomic E-state index is 12.7. The number of rotatable bonds is 6. The van der Waals surface area contributed by atoms with Crippen molar-refractivity contribution in [3.05, 3.63) is 76.9 Å². The molecule has 0 radical (unpaired) electrons. The summed E-state index contributed by atoms with van der Waals surface area (Å²) in [6, 6.07) is 14.2. The molecule has 3 rings (SSSR count). The van der Waals surface area contributed by atoms with Crippen LogP contribution in [0.2, 0.25) is 0 Å². The number of carbonyl (C=O) groups excluding carboxylic acids is 1. The molecule has 5 heteroatoms. The van der Waals surface area contributed by atoms with E-state index in [4.69, 9.17) is 5.11 Å². The number of nitrogens with zero attached hydrogens (tertiary/aromatic N) is 2. The summed E-state index contributed by atoms with van der Waals surface area (Å²) in [5.41, 5.74) is 2.62. The van der Waals surface area contributed by atoms with Gasteiger partial charge in [-0.15, -0.1) is 0 Å². The third-order valence-corrected chi connectivity index (χ3v) is 4.83. The summed E-state index contributed by atoms with van der Waals surface area (Å²) in [6.07, 6.45) is 3.19. The fraction of sp³-hybridized carbons (Fsp3) is 0.273. The van der Waals surface area contributed by atoms with Gasteiger partial charge in [0.15, 0.2) is 5.78 Å². The van der Waals surface area contributed by atoms with Gasteiger partial charge in [0.05, 0.1) is 5.56 Å². The number of hydrogen-bond acceptors (Lipinski definition) is 4. The predicted molar refractivity (Wildman–Crippen MR) is 106 cm³/mol. The SMILES string of the molecule is CN1CCN(Cc2ccccc2C(=O)C=Cc2cccc(C(=O)O)c2)CC1. The average Bonchev–Trinajstić information content (AvgIpc) is 2.68. The number of aromatic carboxylic acids is 1. The molecule has 0 aromatic heterocycles. The zero-order valence-electron chi connectivity index (χ0n) is 15.5. The molecule has 1 aliphatic rings. The van der Waals surface area contributed by atoms with Crippen LogP contribution in [0.5, 0.6) is 0 Å². The van der Waals surface area contributed by atoms with Gasteiger partial charge < -0.3 is 10.0 Å². The van der Waals surface area contributed by atoms with Crippen molar-refractivity contribution < 1.29 is 14.7 Å². The van der Waals surface area contributed by atoms with Crippen LogP contribution in [0.3, 0.4) is 0 Å². The third-order valence-electron chi connectivity index (χ3n) is 4.83. The van der Waals surface area contributed by atoms with Crippen molar-refractivity contribution in [2.45, 2.75) is 6.54 Å². The topological polar surface area (TPSA) is 60.9 Å². The highest BCUT2D eigenvalue weighted by molar-refractivity contribution is 6.07. The molecule has 5 nitrogen and oxygen atoms in total. The number of piperazine rings is 1. The highest BCUT2D eigenvalue weighted by Crippen LogP contribution is 2.15. The van der Waals surface area contributed by atoms with E-state index >= 15 is 0 Å². The molecule has 27 heavy (non-hydrogen) atoms. The molecule has 1 aliphatic heterocycles. The summed E-state index contributed by atoms with van der Waals surface area (Å²) in [5, 5.41) is 9.07. The van der Waals surface area contributed by atoms with E-state index in [-0.39, 0.29) is 11.3 Å². The first kappa shape index (κ1) is 19.0. The first-order valence-electron chi connectivity index (χ1n) is 9.07. The van der Waals surface area contributed by atoms with Crippen LogP contribution < -0.4 is 0 Å². The van der Waals surface area contributed by atoms with Gasteiger partial charge >= 0.3 is 5.97 Å². The molecule has 0 atom stereocenters. The highest BCUT2D eigenvalue weighted by atomic mass is 16.4. The number of carbonyl (C=O) groups is 2. The minimum Gasteiger partial charge on any atom is -0.478 e. The molecule has 1 fully saturated rings. The Labute approximate surface area is 159 Å². The quantitative estimate of drug-likeness (QED) is 0.631. The molecule has 0 unspecified atom stereocenters. The van der Waals surface area contributed by atoms with E-state index < -0.39 is 5.97 Å². The second-order valence-electron chi connectivity index (χ2n) is 6.86. The molecule has 140 valence electrons. The first-order chi connectivity index (χ1) is 13.0. The Bertz CT molecular complexity index is 852. The number of hydrogen-bond donors (Lipinski definition) is 1. The average molecular weight is 364 g/mol. The smallest absolute Gasteiger partial charge is 0.335 e. The van der Waals surface area contributed by atoms with Crippen molar-refractivity contribution in [1.29, 1.82) is 0 Å². The Kier molecular flexibility index (Phi) is 6.16. The van der Waals surface area contributed by atoms with Crippen LogP contribution in [0.1, 0.15) is 31.8 Å². The Morgan fingerprint density at radius 3 is 2.52 bits per heavy atom. The number of benzene rings is 2. The van der Waals surface area contributed by atoms with Gasteiger partial charge in [-0.25, -0.2) is 4.79 Å². The van der Waals surface area contributed by atoms with Gasteiger partial charge in [0, 0.05) is 38.3 Å². The van der Waals surface area contributed by atoms with Gasteiger partial charge in [-0.05, 0) is 36.4 Å². The van der Waals surface area contributed by atoms with Crippen LogP contribution in [-0.4, -0.2) is 59.9 Å². The number of carboxylic acid groups (broad SMARTS) is 1. The summed E-state index contributed by atoms with van der Waals surface area (Å²) in [5.74, 6) is -1.05. The van der Waals surface area contributed by atoms with Gasteiger partial charge in [0.2, 0.25) is 0 Å². The van der Waals surface area contributed by atoms with Crippen molar-refractivity contribution in [3.8, 4) is 0 Å². The Hall–Kier alpha value is -2.76. The normalized spacial score (nSPS) is 15.9. The number of ketones is 1. The molecule has 0 bridgehead atoms. The van der Waals surface area contributed by atoms with Crippen molar-refractivity contribution in [2.75, 3.05) is 33.2 Å². The minimum atomic E-state index is -0.978. The lowest BCUT2D eigenvalue weighted by atomic mass is 10.0. The fourth-order valence-electron chi connectivity index (χ4n) is 3.18. The second-order valence-corrected chi connectivity index (χ2v) is 6.86. The summed E-state index contributed by atoms with van der Waals surface area (Å²) in [6.45, 7) is 4.83.